The molecule has 0 atom stereocenters. The Morgan fingerprint density at radius 1 is 1.25 bits per heavy atom. The lowest BCUT2D eigenvalue weighted by Gasteiger charge is -2.08. The van der Waals surface area contributed by atoms with Crippen molar-refractivity contribution in [3.05, 3.63) is 65.4 Å². The van der Waals surface area contributed by atoms with E-state index in [1.165, 1.54) is 11.8 Å². The summed E-state index contributed by atoms with van der Waals surface area (Å²) in [5.41, 5.74) is 2.64. The molecular weight excluding hydrogens is 344 g/mol. The first-order valence-corrected chi connectivity index (χ1v) is 8.64. The molecule has 0 spiro atoms. The van der Waals surface area contributed by atoms with Gasteiger partial charge in [0.05, 0.1) is 11.4 Å². The van der Waals surface area contributed by atoms with Gasteiger partial charge in [-0.15, -0.1) is 10.2 Å². The Balaban J connectivity index is 1.67. The third kappa shape index (κ3) is 3.96. The number of nitrogens with zero attached hydrogens (tertiary/aromatic N) is 3. The molecule has 3 rings (SSSR count). The summed E-state index contributed by atoms with van der Waals surface area (Å²) in [7, 11) is 0. The van der Waals surface area contributed by atoms with Crippen LogP contribution in [0.3, 0.4) is 0 Å². The predicted octanol–water partition coefficient (Wildman–Crippen LogP) is 3.96. The summed E-state index contributed by atoms with van der Waals surface area (Å²) >= 11 is 7.50. The van der Waals surface area contributed by atoms with Crippen LogP contribution in [0.1, 0.15) is 5.56 Å². The summed E-state index contributed by atoms with van der Waals surface area (Å²) in [6, 6.07) is 15.1. The molecule has 0 unspecified atom stereocenters. The van der Waals surface area contributed by atoms with Gasteiger partial charge in [0.1, 0.15) is 6.33 Å². The highest BCUT2D eigenvalue weighted by Gasteiger charge is 2.11. The van der Waals surface area contributed by atoms with Crippen molar-refractivity contribution >= 4 is 35.0 Å². The number of hydrogen-bond donors (Lipinski definition) is 1. The number of benzene rings is 2. The molecule has 1 heterocycles. The zero-order valence-electron chi connectivity index (χ0n) is 12.9. The summed E-state index contributed by atoms with van der Waals surface area (Å²) < 4.78 is 1.81. The molecule has 3 aromatic rings. The molecule has 0 aliphatic carbocycles. The number of para-hydroxylation sites is 1. The van der Waals surface area contributed by atoms with Gasteiger partial charge in [-0.3, -0.25) is 9.36 Å². The molecule has 0 saturated carbocycles. The van der Waals surface area contributed by atoms with Crippen molar-refractivity contribution < 1.29 is 4.79 Å². The van der Waals surface area contributed by atoms with E-state index in [-0.39, 0.29) is 11.7 Å². The standard InChI is InChI=1S/C17H15ClN4OS/c1-12-7-8-14(9-15(12)18)22-11-19-21-17(22)24-10-16(23)20-13-5-3-2-4-6-13/h2-9,11H,10H2,1H3,(H,20,23). The lowest BCUT2D eigenvalue weighted by Crippen LogP contribution is -2.14. The van der Waals surface area contributed by atoms with E-state index >= 15 is 0 Å². The highest BCUT2D eigenvalue weighted by atomic mass is 35.5. The highest BCUT2D eigenvalue weighted by molar-refractivity contribution is 7.99. The van der Waals surface area contributed by atoms with Crippen LogP contribution >= 0.6 is 23.4 Å². The van der Waals surface area contributed by atoms with Crippen molar-refractivity contribution in [3.8, 4) is 5.69 Å². The molecule has 1 aromatic heterocycles. The summed E-state index contributed by atoms with van der Waals surface area (Å²) in [6.45, 7) is 1.95. The number of carbonyl (C=O) groups excluding carboxylic acids is 1. The van der Waals surface area contributed by atoms with Crippen LogP contribution < -0.4 is 5.32 Å². The number of nitrogens with one attached hydrogen (secondary N) is 1. The van der Waals surface area contributed by atoms with E-state index in [1.54, 1.807) is 6.33 Å². The Hall–Kier alpha value is -2.31. The van der Waals surface area contributed by atoms with Crippen LogP contribution in [-0.2, 0) is 4.79 Å². The van der Waals surface area contributed by atoms with E-state index in [9.17, 15) is 4.79 Å². The highest BCUT2D eigenvalue weighted by Crippen LogP contribution is 2.23. The maximum atomic E-state index is 12.0. The van der Waals surface area contributed by atoms with Crippen LogP contribution in [0.25, 0.3) is 5.69 Å². The Bertz CT molecular complexity index is 851. The SMILES string of the molecule is Cc1ccc(-n2cnnc2SCC(=O)Nc2ccccc2)cc1Cl. The topological polar surface area (TPSA) is 59.8 Å². The van der Waals surface area contributed by atoms with Gasteiger partial charge in [-0.05, 0) is 36.8 Å². The van der Waals surface area contributed by atoms with Crippen LogP contribution in [0.5, 0.6) is 0 Å². The normalized spacial score (nSPS) is 10.6. The molecule has 1 amide bonds. The maximum absolute atomic E-state index is 12.0. The second-order valence-electron chi connectivity index (χ2n) is 5.12. The van der Waals surface area contributed by atoms with Gasteiger partial charge < -0.3 is 5.32 Å². The van der Waals surface area contributed by atoms with Gasteiger partial charge in [-0.1, -0.05) is 47.6 Å². The third-order valence-electron chi connectivity index (χ3n) is 3.34. The van der Waals surface area contributed by atoms with Crippen molar-refractivity contribution in [2.24, 2.45) is 0 Å². The average Bonchev–Trinajstić information content (AvgIpc) is 3.05. The lowest BCUT2D eigenvalue weighted by atomic mass is 10.2. The number of hydrogen-bond acceptors (Lipinski definition) is 4. The van der Waals surface area contributed by atoms with E-state index in [1.807, 2.05) is 60.0 Å². The van der Waals surface area contributed by atoms with E-state index < -0.39 is 0 Å². The van der Waals surface area contributed by atoms with Gasteiger partial charge in [-0.25, -0.2) is 0 Å². The number of aromatic nitrogens is 3. The number of anilines is 1. The van der Waals surface area contributed by atoms with Gasteiger partial charge >= 0.3 is 0 Å². The first-order valence-electron chi connectivity index (χ1n) is 7.28. The summed E-state index contributed by atoms with van der Waals surface area (Å²) in [5.74, 6) is 0.149. The number of amides is 1. The van der Waals surface area contributed by atoms with E-state index in [2.05, 4.69) is 15.5 Å². The molecule has 0 radical (unpaired) electrons. The molecule has 7 heteroatoms. The van der Waals surface area contributed by atoms with Crippen LogP contribution in [0, 0.1) is 6.92 Å². The second-order valence-corrected chi connectivity index (χ2v) is 6.47. The van der Waals surface area contributed by atoms with Crippen molar-refractivity contribution in [3.63, 3.8) is 0 Å². The zero-order valence-corrected chi connectivity index (χ0v) is 14.5. The first kappa shape index (κ1) is 16.5. The smallest absolute Gasteiger partial charge is 0.234 e. The molecule has 0 bridgehead atoms. The molecule has 0 aliphatic rings. The molecular formula is C17H15ClN4OS. The van der Waals surface area contributed by atoms with Crippen molar-refractivity contribution in [2.45, 2.75) is 12.1 Å². The summed E-state index contributed by atoms with van der Waals surface area (Å²) in [5, 5.41) is 12.2. The molecule has 0 aliphatic heterocycles. The Labute approximate surface area is 149 Å². The minimum atomic E-state index is -0.0947. The Morgan fingerprint density at radius 3 is 2.79 bits per heavy atom. The molecule has 1 N–H and O–H groups in total. The molecule has 5 nitrogen and oxygen atoms in total. The van der Waals surface area contributed by atoms with Crippen molar-refractivity contribution in [1.29, 1.82) is 0 Å². The average molecular weight is 359 g/mol. The predicted molar refractivity (Wildman–Crippen MR) is 96.9 cm³/mol. The second kappa shape index (κ2) is 7.51. The fourth-order valence-electron chi connectivity index (χ4n) is 2.08. The van der Waals surface area contributed by atoms with E-state index in [4.69, 9.17) is 11.6 Å². The van der Waals surface area contributed by atoms with Crippen molar-refractivity contribution in [2.75, 3.05) is 11.1 Å². The first-order chi connectivity index (χ1) is 11.6. The summed E-state index contributed by atoms with van der Waals surface area (Å²) in [6.07, 6.45) is 1.61. The van der Waals surface area contributed by atoms with E-state index in [0.717, 1.165) is 16.9 Å². The minimum Gasteiger partial charge on any atom is -0.325 e. The van der Waals surface area contributed by atoms with Gasteiger partial charge in [0, 0.05) is 10.7 Å². The summed E-state index contributed by atoms with van der Waals surface area (Å²) in [4.78, 5) is 12.0. The fraction of sp³-hybridized carbons (Fsp3) is 0.118. The van der Waals surface area contributed by atoms with Gasteiger partial charge in [0.25, 0.3) is 0 Å². The largest absolute Gasteiger partial charge is 0.325 e. The number of halogens is 1. The van der Waals surface area contributed by atoms with Crippen molar-refractivity contribution in [1.82, 2.24) is 14.8 Å². The Morgan fingerprint density at radius 2 is 2.04 bits per heavy atom. The number of rotatable bonds is 5. The number of carbonyl (C=O) groups is 1. The van der Waals surface area contributed by atoms with Gasteiger partial charge in [0.15, 0.2) is 5.16 Å². The fourth-order valence-corrected chi connectivity index (χ4v) is 2.98. The molecule has 24 heavy (non-hydrogen) atoms. The van der Waals surface area contributed by atoms with Gasteiger partial charge in [-0.2, -0.15) is 0 Å². The monoisotopic (exact) mass is 358 g/mol. The van der Waals surface area contributed by atoms with Crippen LogP contribution in [0.4, 0.5) is 5.69 Å². The Kier molecular flexibility index (Phi) is 5.17. The van der Waals surface area contributed by atoms with E-state index in [0.29, 0.717) is 10.2 Å². The molecule has 122 valence electrons. The van der Waals surface area contributed by atoms with Crippen LogP contribution in [-0.4, -0.2) is 26.4 Å². The third-order valence-corrected chi connectivity index (χ3v) is 4.69. The quantitative estimate of drug-likeness (QED) is 0.701. The molecule has 0 saturated heterocycles. The van der Waals surface area contributed by atoms with Crippen LogP contribution in [0.2, 0.25) is 5.02 Å². The molecule has 2 aromatic carbocycles. The number of thioether (sulfide) groups is 1. The lowest BCUT2D eigenvalue weighted by molar-refractivity contribution is -0.113. The number of aryl methyl sites for hydroxylation is 1. The van der Waals surface area contributed by atoms with Crippen LogP contribution in [0.15, 0.2) is 60.0 Å². The van der Waals surface area contributed by atoms with Gasteiger partial charge in [0.2, 0.25) is 5.91 Å². The minimum absolute atomic E-state index is 0.0947. The zero-order chi connectivity index (χ0) is 16.9. The maximum Gasteiger partial charge on any atom is 0.234 e. The molecule has 0 fully saturated rings.